The molecule has 0 saturated heterocycles. The van der Waals surface area contributed by atoms with Crippen molar-refractivity contribution in [2.24, 2.45) is 5.92 Å². The molecule has 0 aliphatic carbocycles. The van der Waals surface area contributed by atoms with E-state index in [-0.39, 0.29) is 10.6 Å². The van der Waals surface area contributed by atoms with Crippen LogP contribution in [0.3, 0.4) is 0 Å². The van der Waals surface area contributed by atoms with Crippen molar-refractivity contribution < 1.29 is 9.90 Å². The number of benzene rings is 1. The predicted molar refractivity (Wildman–Crippen MR) is 84.0 cm³/mol. The summed E-state index contributed by atoms with van der Waals surface area (Å²) in [5.74, 6) is -0.540. The van der Waals surface area contributed by atoms with Gasteiger partial charge in [0.15, 0.2) is 0 Å². The quantitative estimate of drug-likeness (QED) is 0.840. The average Bonchev–Trinajstić information content (AvgIpc) is 2.33. The topological polar surface area (TPSA) is 43.8 Å². The van der Waals surface area contributed by atoms with Crippen LogP contribution in [-0.2, 0) is 0 Å². The van der Waals surface area contributed by atoms with Gasteiger partial charge in [0.05, 0.1) is 10.7 Å². The Bertz CT molecular complexity index is 461. The van der Waals surface area contributed by atoms with E-state index in [4.69, 9.17) is 11.6 Å². The monoisotopic (exact) mass is 298 g/mol. The number of carbonyl (C=O) groups is 1. The van der Waals surface area contributed by atoms with Gasteiger partial charge in [-0.25, -0.2) is 4.79 Å². The van der Waals surface area contributed by atoms with Crippen LogP contribution in [0, 0.1) is 5.92 Å². The molecule has 0 saturated carbocycles. The maximum absolute atomic E-state index is 11.4. The first kappa shape index (κ1) is 16.8. The van der Waals surface area contributed by atoms with E-state index in [0.29, 0.717) is 11.6 Å². The van der Waals surface area contributed by atoms with E-state index in [2.05, 4.69) is 23.6 Å². The summed E-state index contributed by atoms with van der Waals surface area (Å²) in [5, 5.41) is 9.67. The van der Waals surface area contributed by atoms with Crippen molar-refractivity contribution in [3.05, 3.63) is 28.8 Å². The summed E-state index contributed by atoms with van der Waals surface area (Å²) in [6, 6.07) is 5.24. The van der Waals surface area contributed by atoms with Crippen LogP contribution in [-0.4, -0.2) is 49.7 Å². The van der Waals surface area contributed by atoms with Gasteiger partial charge in [-0.15, -0.1) is 0 Å². The van der Waals surface area contributed by atoms with Gasteiger partial charge >= 0.3 is 5.97 Å². The van der Waals surface area contributed by atoms with Crippen molar-refractivity contribution in [1.82, 2.24) is 4.90 Å². The van der Waals surface area contributed by atoms with Gasteiger partial charge in [-0.1, -0.05) is 31.5 Å². The van der Waals surface area contributed by atoms with Crippen molar-refractivity contribution in [2.75, 3.05) is 38.6 Å². The molecule has 1 N–H and O–H groups in total. The van der Waals surface area contributed by atoms with Gasteiger partial charge in [-0.2, -0.15) is 0 Å². The standard InChI is InChI=1S/C15H23ClN2O2/c1-11(2)10-18(9-8-17(3)4)13-7-5-6-12(16)14(13)15(19)20/h5-7,11H,8-10H2,1-4H3,(H,19,20). The Labute approximate surface area is 125 Å². The molecule has 112 valence electrons. The van der Waals surface area contributed by atoms with Crippen molar-refractivity contribution in [1.29, 1.82) is 0 Å². The summed E-state index contributed by atoms with van der Waals surface area (Å²) in [6.07, 6.45) is 0. The Morgan fingerprint density at radius 2 is 1.95 bits per heavy atom. The summed E-state index contributed by atoms with van der Waals surface area (Å²) >= 11 is 6.05. The van der Waals surface area contributed by atoms with Crippen molar-refractivity contribution in [3.8, 4) is 0 Å². The second kappa shape index (κ2) is 7.50. The normalized spacial score (nSPS) is 11.2. The first-order valence-electron chi connectivity index (χ1n) is 6.74. The van der Waals surface area contributed by atoms with Gasteiger partial charge in [0.2, 0.25) is 0 Å². The number of likely N-dealkylation sites (N-methyl/N-ethyl adjacent to an activating group) is 1. The molecule has 0 bridgehead atoms. The minimum absolute atomic E-state index is 0.188. The van der Waals surface area contributed by atoms with E-state index >= 15 is 0 Å². The number of carboxylic acids is 1. The minimum atomic E-state index is -0.982. The molecule has 5 heteroatoms. The second-order valence-electron chi connectivity index (χ2n) is 5.58. The zero-order valence-corrected chi connectivity index (χ0v) is 13.3. The lowest BCUT2D eigenvalue weighted by molar-refractivity contribution is 0.0697. The Kier molecular flexibility index (Phi) is 6.30. The zero-order chi connectivity index (χ0) is 15.3. The van der Waals surface area contributed by atoms with Gasteiger partial charge in [0.1, 0.15) is 5.56 Å². The molecule has 0 unspecified atom stereocenters. The molecular formula is C15H23ClN2O2. The molecule has 0 heterocycles. The molecule has 0 spiro atoms. The fourth-order valence-electron chi connectivity index (χ4n) is 2.06. The Balaban J connectivity index is 3.12. The maximum atomic E-state index is 11.4. The molecule has 1 aromatic carbocycles. The largest absolute Gasteiger partial charge is 0.478 e. The van der Waals surface area contributed by atoms with Crippen LogP contribution in [0.4, 0.5) is 5.69 Å². The smallest absolute Gasteiger partial charge is 0.339 e. The highest BCUT2D eigenvalue weighted by atomic mass is 35.5. The van der Waals surface area contributed by atoms with E-state index < -0.39 is 5.97 Å². The highest BCUT2D eigenvalue weighted by Crippen LogP contribution is 2.28. The predicted octanol–water partition coefficient (Wildman–Crippen LogP) is 3.06. The summed E-state index contributed by atoms with van der Waals surface area (Å²) < 4.78 is 0. The van der Waals surface area contributed by atoms with E-state index in [1.165, 1.54) is 0 Å². The van der Waals surface area contributed by atoms with Crippen molar-refractivity contribution in [2.45, 2.75) is 13.8 Å². The lowest BCUT2D eigenvalue weighted by Gasteiger charge is -2.29. The molecule has 0 fully saturated rings. The van der Waals surface area contributed by atoms with Gasteiger partial charge < -0.3 is 14.9 Å². The molecule has 1 aromatic rings. The molecular weight excluding hydrogens is 276 g/mol. The number of nitrogens with zero attached hydrogens (tertiary/aromatic N) is 2. The number of hydrogen-bond acceptors (Lipinski definition) is 3. The third kappa shape index (κ3) is 4.69. The molecule has 0 radical (unpaired) electrons. The molecule has 0 atom stereocenters. The molecule has 4 nitrogen and oxygen atoms in total. The van der Waals surface area contributed by atoms with Gasteiger partial charge in [-0.05, 0) is 32.1 Å². The van der Waals surface area contributed by atoms with E-state index in [1.807, 2.05) is 20.2 Å². The van der Waals surface area contributed by atoms with Crippen molar-refractivity contribution >= 4 is 23.3 Å². The van der Waals surface area contributed by atoms with Crippen LogP contribution in [0.15, 0.2) is 18.2 Å². The number of anilines is 1. The number of carboxylic acid groups (broad SMARTS) is 1. The van der Waals surface area contributed by atoms with Crippen molar-refractivity contribution in [3.63, 3.8) is 0 Å². The fourth-order valence-corrected chi connectivity index (χ4v) is 2.31. The van der Waals surface area contributed by atoms with Crippen LogP contribution < -0.4 is 4.90 Å². The Hall–Kier alpha value is -1.26. The van der Waals surface area contributed by atoms with Gasteiger partial charge in [-0.3, -0.25) is 0 Å². The SMILES string of the molecule is CC(C)CN(CCN(C)C)c1cccc(Cl)c1C(=O)O. The Morgan fingerprint density at radius 1 is 1.30 bits per heavy atom. The van der Waals surface area contributed by atoms with Crippen LogP contribution in [0.5, 0.6) is 0 Å². The molecule has 20 heavy (non-hydrogen) atoms. The lowest BCUT2D eigenvalue weighted by Crippen LogP contribution is -2.35. The van der Waals surface area contributed by atoms with E-state index in [9.17, 15) is 9.90 Å². The maximum Gasteiger partial charge on any atom is 0.339 e. The van der Waals surface area contributed by atoms with Crippen LogP contribution in [0.1, 0.15) is 24.2 Å². The number of aromatic carboxylic acids is 1. The van der Waals surface area contributed by atoms with Crippen LogP contribution in [0.25, 0.3) is 0 Å². The van der Waals surface area contributed by atoms with Gasteiger partial charge in [0.25, 0.3) is 0 Å². The average molecular weight is 299 g/mol. The zero-order valence-electron chi connectivity index (χ0n) is 12.6. The third-order valence-corrected chi connectivity index (χ3v) is 3.26. The number of rotatable bonds is 7. The van der Waals surface area contributed by atoms with E-state index in [0.717, 1.165) is 19.6 Å². The fraction of sp³-hybridized carbons (Fsp3) is 0.533. The Morgan fingerprint density at radius 3 is 2.45 bits per heavy atom. The molecule has 1 rings (SSSR count). The summed E-state index contributed by atoms with van der Waals surface area (Å²) in [4.78, 5) is 15.6. The van der Waals surface area contributed by atoms with E-state index in [1.54, 1.807) is 12.1 Å². The van der Waals surface area contributed by atoms with Crippen LogP contribution >= 0.6 is 11.6 Å². The minimum Gasteiger partial charge on any atom is -0.478 e. The van der Waals surface area contributed by atoms with Gasteiger partial charge in [0, 0.05) is 19.6 Å². The third-order valence-electron chi connectivity index (χ3n) is 2.95. The highest BCUT2D eigenvalue weighted by molar-refractivity contribution is 6.34. The summed E-state index contributed by atoms with van der Waals surface area (Å²) in [5.41, 5.74) is 0.883. The first-order valence-corrected chi connectivity index (χ1v) is 7.12. The molecule has 0 aromatic heterocycles. The van der Waals surface area contributed by atoms with Crippen LogP contribution in [0.2, 0.25) is 5.02 Å². The molecule has 0 aliphatic rings. The number of hydrogen-bond donors (Lipinski definition) is 1. The highest BCUT2D eigenvalue weighted by Gasteiger charge is 2.19. The molecule has 0 aliphatic heterocycles. The summed E-state index contributed by atoms with van der Waals surface area (Å²) in [7, 11) is 4.01. The number of halogens is 1. The lowest BCUT2D eigenvalue weighted by atomic mass is 10.1. The first-order chi connectivity index (χ1) is 9.32. The summed E-state index contributed by atoms with van der Waals surface area (Å²) in [6.45, 7) is 6.67. The molecule has 0 amide bonds. The second-order valence-corrected chi connectivity index (χ2v) is 5.99.